The van der Waals surface area contributed by atoms with Crippen LogP contribution in [0.1, 0.15) is 10.4 Å². The maximum absolute atomic E-state index is 12.2. The minimum Gasteiger partial charge on any atom is -0.493 e. The molecule has 1 aromatic heterocycles. The molecule has 1 amide bonds. The molecule has 0 unspecified atom stereocenters. The Morgan fingerprint density at radius 1 is 1.14 bits per heavy atom. The third kappa shape index (κ3) is 3.03. The number of hydrogen-bond donors (Lipinski definition) is 2. The SMILES string of the molecule is COc1cc(NC(=O)c2cccnc2N)cc(OC)c1OC. The molecule has 0 aliphatic carbocycles. The standard InChI is InChI=1S/C15H17N3O4/c1-20-11-7-9(8-12(21-2)13(11)22-3)18-15(19)10-5-4-6-17-14(10)16/h4-8H,1-3H3,(H2,16,17)(H,18,19). The van der Waals surface area contributed by atoms with Gasteiger partial charge in [-0.2, -0.15) is 0 Å². The second kappa shape index (κ2) is 6.66. The van der Waals surface area contributed by atoms with Crippen molar-refractivity contribution in [3.63, 3.8) is 0 Å². The summed E-state index contributed by atoms with van der Waals surface area (Å²) in [6.45, 7) is 0. The van der Waals surface area contributed by atoms with Gasteiger partial charge in [-0.25, -0.2) is 4.98 Å². The summed E-state index contributed by atoms with van der Waals surface area (Å²) in [4.78, 5) is 16.1. The molecule has 0 aliphatic heterocycles. The normalized spacial score (nSPS) is 9.95. The van der Waals surface area contributed by atoms with Crippen molar-refractivity contribution in [2.45, 2.75) is 0 Å². The van der Waals surface area contributed by atoms with Crippen LogP contribution in [0, 0.1) is 0 Å². The van der Waals surface area contributed by atoms with Gasteiger partial charge in [0.1, 0.15) is 5.82 Å². The van der Waals surface area contributed by atoms with E-state index in [9.17, 15) is 4.79 Å². The molecule has 0 radical (unpaired) electrons. The summed E-state index contributed by atoms with van der Waals surface area (Å²) in [6.07, 6.45) is 1.52. The number of nitrogens with one attached hydrogen (secondary N) is 1. The third-order valence-electron chi connectivity index (χ3n) is 3.01. The lowest BCUT2D eigenvalue weighted by molar-refractivity contribution is 0.102. The van der Waals surface area contributed by atoms with Gasteiger partial charge in [-0.3, -0.25) is 4.79 Å². The lowest BCUT2D eigenvalue weighted by Gasteiger charge is -2.14. The summed E-state index contributed by atoms with van der Waals surface area (Å²) >= 11 is 0. The summed E-state index contributed by atoms with van der Waals surface area (Å²) in [5.41, 5.74) is 6.47. The van der Waals surface area contributed by atoms with Crippen molar-refractivity contribution in [3.05, 3.63) is 36.0 Å². The zero-order chi connectivity index (χ0) is 16.1. The first kappa shape index (κ1) is 15.4. The van der Waals surface area contributed by atoms with Crippen molar-refractivity contribution >= 4 is 17.4 Å². The number of rotatable bonds is 5. The van der Waals surface area contributed by atoms with Crippen LogP contribution >= 0.6 is 0 Å². The van der Waals surface area contributed by atoms with Gasteiger partial charge in [0.05, 0.1) is 26.9 Å². The summed E-state index contributed by atoms with van der Waals surface area (Å²) in [7, 11) is 4.51. The van der Waals surface area contributed by atoms with E-state index in [0.717, 1.165) is 0 Å². The number of hydrogen-bond acceptors (Lipinski definition) is 6. The van der Waals surface area contributed by atoms with E-state index in [2.05, 4.69) is 10.3 Å². The highest BCUT2D eigenvalue weighted by Crippen LogP contribution is 2.40. The molecule has 0 aliphatic rings. The van der Waals surface area contributed by atoms with Gasteiger partial charge in [0.15, 0.2) is 11.5 Å². The van der Waals surface area contributed by atoms with Gasteiger partial charge in [-0.05, 0) is 12.1 Å². The number of amides is 1. The van der Waals surface area contributed by atoms with Crippen molar-refractivity contribution in [3.8, 4) is 17.2 Å². The fourth-order valence-electron chi connectivity index (χ4n) is 1.96. The number of methoxy groups -OCH3 is 3. The highest BCUT2D eigenvalue weighted by molar-refractivity contribution is 6.07. The number of benzene rings is 1. The molecular weight excluding hydrogens is 286 g/mol. The topological polar surface area (TPSA) is 95.7 Å². The molecule has 3 N–H and O–H groups in total. The number of nitrogens with zero attached hydrogens (tertiary/aromatic N) is 1. The monoisotopic (exact) mass is 303 g/mol. The van der Waals surface area contributed by atoms with Crippen LogP contribution < -0.4 is 25.3 Å². The zero-order valence-corrected chi connectivity index (χ0v) is 12.5. The molecule has 2 rings (SSSR count). The largest absolute Gasteiger partial charge is 0.493 e. The van der Waals surface area contributed by atoms with Gasteiger partial charge in [-0.15, -0.1) is 0 Å². The molecule has 0 atom stereocenters. The molecule has 7 nitrogen and oxygen atoms in total. The highest BCUT2D eigenvalue weighted by atomic mass is 16.5. The Morgan fingerprint density at radius 3 is 2.27 bits per heavy atom. The van der Waals surface area contributed by atoms with Crippen molar-refractivity contribution < 1.29 is 19.0 Å². The Hall–Kier alpha value is -2.96. The second-order valence-electron chi connectivity index (χ2n) is 4.30. The predicted molar refractivity (Wildman–Crippen MR) is 82.7 cm³/mol. The second-order valence-corrected chi connectivity index (χ2v) is 4.30. The Morgan fingerprint density at radius 2 is 1.77 bits per heavy atom. The van der Waals surface area contributed by atoms with Gasteiger partial charge < -0.3 is 25.3 Å². The van der Waals surface area contributed by atoms with Crippen LogP contribution in [0.25, 0.3) is 0 Å². The third-order valence-corrected chi connectivity index (χ3v) is 3.01. The van der Waals surface area contributed by atoms with Gasteiger partial charge in [0.25, 0.3) is 5.91 Å². The van der Waals surface area contributed by atoms with E-state index in [0.29, 0.717) is 22.9 Å². The average Bonchev–Trinajstić information content (AvgIpc) is 2.54. The molecule has 0 fully saturated rings. The quantitative estimate of drug-likeness (QED) is 0.876. The fourth-order valence-corrected chi connectivity index (χ4v) is 1.96. The number of carbonyl (C=O) groups is 1. The molecule has 0 saturated carbocycles. The summed E-state index contributed by atoms with van der Waals surface area (Å²) < 4.78 is 15.7. The maximum Gasteiger partial charge on any atom is 0.259 e. The summed E-state index contributed by atoms with van der Waals surface area (Å²) in [6, 6.07) is 6.49. The first-order valence-corrected chi connectivity index (χ1v) is 6.42. The fraction of sp³-hybridized carbons (Fsp3) is 0.200. The van der Waals surface area contributed by atoms with Crippen LogP contribution in [0.2, 0.25) is 0 Å². The lowest BCUT2D eigenvalue weighted by Crippen LogP contribution is -2.15. The van der Waals surface area contributed by atoms with E-state index >= 15 is 0 Å². The van der Waals surface area contributed by atoms with Crippen LogP contribution in [0.15, 0.2) is 30.5 Å². The minimum atomic E-state index is -0.375. The molecule has 1 heterocycles. The summed E-state index contributed by atoms with van der Waals surface area (Å²) in [5, 5.41) is 2.73. The highest BCUT2D eigenvalue weighted by Gasteiger charge is 2.16. The van der Waals surface area contributed by atoms with Crippen molar-refractivity contribution in [2.24, 2.45) is 0 Å². The first-order valence-electron chi connectivity index (χ1n) is 6.42. The van der Waals surface area contributed by atoms with Crippen molar-refractivity contribution in [1.82, 2.24) is 4.98 Å². The number of nitrogen functional groups attached to an aromatic ring is 1. The number of aromatic nitrogens is 1. The van der Waals surface area contributed by atoms with E-state index in [4.69, 9.17) is 19.9 Å². The van der Waals surface area contributed by atoms with E-state index in [-0.39, 0.29) is 17.3 Å². The predicted octanol–water partition coefficient (Wildman–Crippen LogP) is 1.94. The molecule has 22 heavy (non-hydrogen) atoms. The number of ether oxygens (including phenoxy) is 3. The van der Waals surface area contributed by atoms with Crippen LogP contribution in [-0.2, 0) is 0 Å². The van der Waals surface area contributed by atoms with Crippen molar-refractivity contribution in [2.75, 3.05) is 32.4 Å². The molecule has 2 aromatic rings. The van der Waals surface area contributed by atoms with Crippen LogP contribution in [-0.4, -0.2) is 32.2 Å². The van der Waals surface area contributed by atoms with E-state index < -0.39 is 0 Å². The average molecular weight is 303 g/mol. The number of pyridine rings is 1. The number of nitrogens with two attached hydrogens (primary N) is 1. The van der Waals surface area contributed by atoms with Crippen LogP contribution in [0.4, 0.5) is 11.5 Å². The number of carbonyl (C=O) groups excluding carboxylic acids is 1. The Kier molecular flexibility index (Phi) is 4.67. The Labute approximate surface area is 128 Å². The summed E-state index contributed by atoms with van der Waals surface area (Å²) in [5.74, 6) is 1.11. The van der Waals surface area contributed by atoms with E-state index in [1.807, 2.05) is 0 Å². The minimum absolute atomic E-state index is 0.160. The van der Waals surface area contributed by atoms with Crippen molar-refractivity contribution in [1.29, 1.82) is 0 Å². The van der Waals surface area contributed by atoms with Gasteiger partial charge in [0.2, 0.25) is 5.75 Å². The van der Waals surface area contributed by atoms with Gasteiger partial charge >= 0.3 is 0 Å². The molecule has 0 saturated heterocycles. The molecule has 0 spiro atoms. The van der Waals surface area contributed by atoms with Gasteiger partial charge in [-0.1, -0.05) is 0 Å². The first-order chi connectivity index (χ1) is 10.6. The molecule has 0 bridgehead atoms. The van der Waals surface area contributed by atoms with Gasteiger partial charge in [0, 0.05) is 24.0 Å². The van der Waals surface area contributed by atoms with Crippen LogP contribution in [0.5, 0.6) is 17.2 Å². The Bertz CT molecular complexity index is 663. The van der Waals surface area contributed by atoms with E-state index in [1.165, 1.54) is 27.5 Å². The maximum atomic E-state index is 12.2. The Balaban J connectivity index is 2.34. The van der Waals surface area contributed by atoms with Crippen LogP contribution in [0.3, 0.4) is 0 Å². The lowest BCUT2D eigenvalue weighted by atomic mass is 10.2. The van der Waals surface area contributed by atoms with E-state index in [1.54, 1.807) is 24.3 Å². The molecule has 116 valence electrons. The zero-order valence-electron chi connectivity index (χ0n) is 12.5. The number of anilines is 2. The molecule has 7 heteroatoms. The smallest absolute Gasteiger partial charge is 0.259 e. The molecule has 1 aromatic carbocycles. The molecular formula is C15H17N3O4.